The molecule has 2 rings (SSSR count). The highest BCUT2D eigenvalue weighted by Gasteiger charge is 2.18. The minimum atomic E-state index is 0.0494. The van der Waals surface area contributed by atoms with Gasteiger partial charge in [0.2, 0.25) is 0 Å². The number of hydrogen-bond donors (Lipinski definition) is 3. The second-order valence-corrected chi connectivity index (χ2v) is 5.30. The number of rotatable bonds is 5. The fourth-order valence-electron chi connectivity index (χ4n) is 2.56. The molecule has 6 heteroatoms. The van der Waals surface area contributed by atoms with Crippen molar-refractivity contribution in [3.05, 3.63) is 29.3 Å². The van der Waals surface area contributed by atoms with Crippen LogP contribution in [0.1, 0.15) is 30.9 Å². The molecule has 0 aromatic heterocycles. The summed E-state index contributed by atoms with van der Waals surface area (Å²) in [6, 6.07) is 6.15. The number of nitrogens with two attached hydrogens (primary N) is 1. The van der Waals surface area contributed by atoms with Gasteiger partial charge >= 0.3 is 0 Å². The normalized spacial score (nSPS) is 23.0. The summed E-state index contributed by atoms with van der Waals surface area (Å²) in [5.41, 5.74) is 7.34. The van der Waals surface area contributed by atoms with E-state index < -0.39 is 0 Å². The van der Waals surface area contributed by atoms with Crippen LogP contribution in [0.5, 0.6) is 5.75 Å². The van der Waals surface area contributed by atoms with E-state index in [0.29, 0.717) is 23.5 Å². The lowest BCUT2D eigenvalue weighted by atomic mass is 10.0. The molecule has 0 amide bonds. The quantitative estimate of drug-likeness (QED) is 0.331. The second kappa shape index (κ2) is 7.28. The van der Waals surface area contributed by atoms with Crippen LogP contribution in [-0.2, 0) is 11.3 Å². The number of ether oxygens (including phenoxy) is 2. The van der Waals surface area contributed by atoms with Gasteiger partial charge in [-0.25, -0.2) is 0 Å². The minimum absolute atomic E-state index is 0.0494. The third-order valence-corrected chi connectivity index (χ3v) is 3.73. The Morgan fingerprint density at radius 1 is 1.57 bits per heavy atom. The lowest BCUT2D eigenvalue weighted by Crippen LogP contribution is -2.37. The van der Waals surface area contributed by atoms with Crippen LogP contribution in [0.3, 0.4) is 0 Å². The van der Waals surface area contributed by atoms with E-state index in [1.54, 1.807) is 7.11 Å². The molecule has 0 spiro atoms. The fraction of sp³-hybridized carbons (Fsp3) is 0.533. The molecule has 2 unspecified atom stereocenters. The largest absolute Gasteiger partial charge is 0.496 e. The van der Waals surface area contributed by atoms with Crippen LogP contribution in [0.25, 0.3) is 0 Å². The van der Waals surface area contributed by atoms with E-state index in [9.17, 15) is 0 Å². The van der Waals surface area contributed by atoms with Crippen molar-refractivity contribution in [3.63, 3.8) is 0 Å². The van der Waals surface area contributed by atoms with E-state index in [1.165, 1.54) is 0 Å². The van der Waals surface area contributed by atoms with Gasteiger partial charge in [0.15, 0.2) is 5.84 Å². The third-order valence-electron chi connectivity index (χ3n) is 3.73. The summed E-state index contributed by atoms with van der Waals surface area (Å²) < 4.78 is 10.8. The molecule has 2 atom stereocenters. The molecule has 0 aliphatic carbocycles. The minimum Gasteiger partial charge on any atom is -0.496 e. The molecule has 0 radical (unpaired) electrons. The molecule has 21 heavy (non-hydrogen) atoms. The average Bonchev–Trinajstić information content (AvgIpc) is 2.52. The fourth-order valence-corrected chi connectivity index (χ4v) is 2.56. The van der Waals surface area contributed by atoms with Gasteiger partial charge in [0.1, 0.15) is 5.75 Å². The second-order valence-electron chi connectivity index (χ2n) is 5.30. The maximum atomic E-state index is 8.84. The number of benzene rings is 1. The number of oxime groups is 1. The number of nitrogens with one attached hydrogen (secondary N) is 1. The van der Waals surface area contributed by atoms with Gasteiger partial charge in [0.05, 0.1) is 18.8 Å². The van der Waals surface area contributed by atoms with Crippen molar-refractivity contribution >= 4 is 5.84 Å². The van der Waals surface area contributed by atoms with Crippen molar-refractivity contribution in [2.75, 3.05) is 13.7 Å². The molecule has 6 nitrogen and oxygen atoms in total. The van der Waals surface area contributed by atoms with Crippen LogP contribution in [-0.4, -0.2) is 36.9 Å². The highest BCUT2D eigenvalue weighted by Crippen LogP contribution is 2.20. The Balaban J connectivity index is 2.03. The maximum absolute atomic E-state index is 8.84. The summed E-state index contributed by atoms with van der Waals surface area (Å²) in [5.74, 6) is 0.641. The van der Waals surface area contributed by atoms with Crippen molar-refractivity contribution in [2.45, 2.75) is 38.5 Å². The van der Waals surface area contributed by atoms with Crippen molar-refractivity contribution < 1.29 is 14.7 Å². The first-order valence-electron chi connectivity index (χ1n) is 7.13. The number of hydrogen-bond acceptors (Lipinski definition) is 5. The monoisotopic (exact) mass is 293 g/mol. The van der Waals surface area contributed by atoms with E-state index in [-0.39, 0.29) is 5.84 Å². The van der Waals surface area contributed by atoms with E-state index >= 15 is 0 Å². The smallest absolute Gasteiger partial charge is 0.173 e. The maximum Gasteiger partial charge on any atom is 0.173 e. The standard InChI is InChI=1S/C15H23N3O3/c1-10-7-12(5-6-21-10)17-9-11-3-4-14(20-2)13(8-11)15(16)18-19/h3-4,8,10,12,17,19H,5-7,9H2,1-2H3,(H2,16,18). The number of amidine groups is 1. The summed E-state index contributed by atoms with van der Waals surface area (Å²) in [6.07, 6.45) is 2.34. The van der Waals surface area contributed by atoms with Crippen LogP contribution in [0.4, 0.5) is 0 Å². The molecule has 1 aromatic rings. The van der Waals surface area contributed by atoms with E-state index in [1.807, 2.05) is 18.2 Å². The average molecular weight is 293 g/mol. The van der Waals surface area contributed by atoms with Gasteiger partial charge in [-0.2, -0.15) is 0 Å². The molecule has 1 fully saturated rings. The first-order chi connectivity index (χ1) is 10.1. The molecule has 4 N–H and O–H groups in total. The van der Waals surface area contributed by atoms with Gasteiger partial charge in [-0.3, -0.25) is 0 Å². The SMILES string of the molecule is COc1ccc(CNC2CCOC(C)C2)cc1/C(N)=N/O. The molecule has 0 bridgehead atoms. The van der Waals surface area contributed by atoms with Crippen molar-refractivity contribution in [2.24, 2.45) is 10.9 Å². The zero-order valence-electron chi connectivity index (χ0n) is 12.5. The lowest BCUT2D eigenvalue weighted by molar-refractivity contribution is 0.0130. The van der Waals surface area contributed by atoms with Crippen LogP contribution >= 0.6 is 0 Å². The van der Waals surface area contributed by atoms with E-state index in [2.05, 4.69) is 17.4 Å². The molecule has 1 saturated heterocycles. The van der Waals surface area contributed by atoms with Gasteiger partial charge < -0.3 is 25.7 Å². The molecule has 116 valence electrons. The molecule has 0 saturated carbocycles. The van der Waals surface area contributed by atoms with Gasteiger partial charge in [0.25, 0.3) is 0 Å². The van der Waals surface area contributed by atoms with E-state index in [0.717, 1.165) is 31.6 Å². The van der Waals surface area contributed by atoms with Gasteiger partial charge in [-0.15, -0.1) is 0 Å². The summed E-state index contributed by atoms with van der Waals surface area (Å²) in [7, 11) is 1.56. The Morgan fingerprint density at radius 2 is 2.38 bits per heavy atom. The lowest BCUT2D eigenvalue weighted by Gasteiger charge is -2.28. The van der Waals surface area contributed by atoms with Crippen LogP contribution in [0.2, 0.25) is 0 Å². The van der Waals surface area contributed by atoms with Crippen LogP contribution in [0.15, 0.2) is 23.4 Å². The van der Waals surface area contributed by atoms with Gasteiger partial charge in [-0.05, 0) is 37.5 Å². The molecular formula is C15H23N3O3. The zero-order valence-corrected chi connectivity index (χ0v) is 12.5. The predicted molar refractivity (Wildman–Crippen MR) is 80.8 cm³/mol. The van der Waals surface area contributed by atoms with Crippen LogP contribution in [0, 0.1) is 0 Å². The summed E-state index contributed by atoms with van der Waals surface area (Å²) in [6.45, 7) is 3.63. The van der Waals surface area contributed by atoms with E-state index in [4.69, 9.17) is 20.4 Å². The summed E-state index contributed by atoms with van der Waals surface area (Å²) >= 11 is 0. The third kappa shape index (κ3) is 4.09. The Morgan fingerprint density at radius 3 is 3.05 bits per heavy atom. The molecule has 1 aliphatic heterocycles. The summed E-state index contributed by atoms with van der Waals surface area (Å²) in [5, 5.41) is 15.4. The molecule has 1 aliphatic rings. The molecule has 1 aromatic carbocycles. The van der Waals surface area contributed by atoms with Crippen molar-refractivity contribution in [3.8, 4) is 5.75 Å². The number of methoxy groups -OCH3 is 1. The van der Waals surface area contributed by atoms with Gasteiger partial charge in [0, 0.05) is 19.2 Å². The zero-order chi connectivity index (χ0) is 15.2. The topological polar surface area (TPSA) is 89.1 Å². The highest BCUT2D eigenvalue weighted by atomic mass is 16.5. The van der Waals surface area contributed by atoms with Crippen molar-refractivity contribution in [1.29, 1.82) is 0 Å². The highest BCUT2D eigenvalue weighted by molar-refractivity contribution is 5.99. The Bertz CT molecular complexity index is 505. The first kappa shape index (κ1) is 15.6. The first-order valence-corrected chi connectivity index (χ1v) is 7.13. The van der Waals surface area contributed by atoms with Crippen LogP contribution < -0.4 is 15.8 Å². The summed E-state index contributed by atoms with van der Waals surface area (Å²) in [4.78, 5) is 0. The van der Waals surface area contributed by atoms with Crippen molar-refractivity contribution in [1.82, 2.24) is 5.32 Å². The Hall–Kier alpha value is -1.79. The van der Waals surface area contributed by atoms with Gasteiger partial charge in [-0.1, -0.05) is 11.2 Å². The molecule has 1 heterocycles. The Kier molecular flexibility index (Phi) is 5.41. The Labute approximate surface area is 124 Å². The molecular weight excluding hydrogens is 270 g/mol. The number of nitrogens with zero attached hydrogens (tertiary/aromatic N) is 1. The predicted octanol–water partition coefficient (Wildman–Crippen LogP) is 1.45.